The second-order valence-electron chi connectivity index (χ2n) is 4.53. The predicted octanol–water partition coefficient (Wildman–Crippen LogP) is 2.65. The van der Waals surface area contributed by atoms with E-state index in [0.29, 0.717) is 5.52 Å². The zero-order chi connectivity index (χ0) is 15.7. The van der Waals surface area contributed by atoms with Crippen molar-refractivity contribution < 1.29 is 19.1 Å². The van der Waals surface area contributed by atoms with Crippen molar-refractivity contribution in [3.8, 4) is 0 Å². The minimum Gasteiger partial charge on any atom is -0.478 e. The van der Waals surface area contributed by atoms with Gasteiger partial charge >= 0.3 is 5.97 Å². The molecule has 0 bridgehead atoms. The molecule has 1 aromatic heterocycles. The molecule has 0 atom stereocenters. The average molecular weight is 299 g/mol. The van der Waals surface area contributed by atoms with Gasteiger partial charge in [0.15, 0.2) is 0 Å². The number of nitrogens with zero attached hydrogens (tertiary/aromatic N) is 1. The van der Waals surface area contributed by atoms with Crippen molar-refractivity contribution in [2.24, 2.45) is 0 Å². The summed E-state index contributed by atoms with van der Waals surface area (Å²) in [5, 5.41) is 11.5. The number of fused-ring (bicyclic) bond motifs is 1. The number of carboxylic acids is 1. The Kier molecular flexibility index (Phi) is 3.30. The van der Waals surface area contributed by atoms with Gasteiger partial charge in [-0.3, -0.25) is 10.1 Å². The van der Waals surface area contributed by atoms with E-state index in [4.69, 9.17) is 5.11 Å². The van der Waals surface area contributed by atoms with Crippen LogP contribution >= 0.6 is 0 Å². The molecule has 7 heteroatoms. The second-order valence-corrected chi connectivity index (χ2v) is 4.53. The number of imidazole rings is 1. The number of H-pyrrole nitrogens is 1. The van der Waals surface area contributed by atoms with Gasteiger partial charge in [0, 0.05) is 0 Å². The number of rotatable bonds is 3. The number of hydrogen-bond donors (Lipinski definition) is 3. The molecule has 0 radical (unpaired) electrons. The number of carboxylic acid groups (broad SMARTS) is 1. The molecule has 1 amide bonds. The van der Waals surface area contributed by atoms with E-state index in [2.05, 4.69) is 15.3 Å². The quantitative estimate of drug-likeness (QED) is 0.693. The molecule has 3 aromatic rings. The fourth-order valence-corrected chi connectivity index (χ4v) is 2.08. The van der Waals surface area contributed by atoms with Gasteiger partial charge < -0.3 is 10.1 Å². The minimum absolute atomic E-state index is 0.0140. The van der Waals surface area contributed by atoms with Gasteiger partial charge in [-0.25, -0.2) is 14.2 Å². The van der Waals surface area contributed by atoms with Crippen molar-refractivity contribution in [1.82, 2.24) is 9.97 Å². The molecule has 0 aliphatic carbocycles. The van der Waals surface area contributed by atoms with Gasteiger partial charge in [-0.15, -0.1) is 0 Å². The number of amides is 1. The van der Waals surface area contributed by atoms with E-state index < -0.39 is 17.7 Å². The lowest BCUT2D eigenvalue weighted by Gasteiger charge is -2.02. The Morgan fingerprint density at radius 2 is 1.82 bits per heavy atom. The lowest BCUT2D eigenvalue weighted by atomic mass is 10.2. The van der Waals surface area contributed by atoms with Crippen molar-refractivity contribution in [2.75, 3.05) is 5.32 Å². The molecule has 1 heterocycles. The molecule has 0 aliphatic heterocycles. The molecule has 0 unspecified atom stereocenters. The maximum Gasteiger partial charge on any atom is 0.337 e. The van der Waals surface area contributed by atoms with Crippen LogP contribution in [0.4, 0.5) is 10.3 Å². The summed E-state index contributed by atoms with van der Waals surface area (Å²) in [6.07, 6.45) is 0. The maximum atomic E-state index is 13.5. The molecule has 0 spiro atoms. The van der Waals surface area contributed by atoms with Crippen LogP contribution in [-0.2, 0) is 0 Å². The van der Waals surface area contributed by atoms with Gasteiger partial charge in [0.05, 0.1) is 16.6 Å². The lowest BCUT2D eigenvalue weighted by molar-refractivity contribution is 0.0698. The van der Waals surface area contributed by atoms with Crippen molar-refractivity contribution in [3.05, 3.63) is 59.4 Å². The summed E-state index contributed by atoms with van der Waals surface area (Å²) in [5.74, 6) is -2.39. The number of anilines is 1. The fourth-order valence-electron chi connectivity index (χ4n) is 2.08. The van der Waals surface area contributed by atoms with Crippen LogP contribution in [0.1, 0.15) is 20.7 Å². The van der Waals surface area contributed by atoms with E-state index in [9.17, 15) is 14.0 Å². The van der Waals surface area contributed by atoms with Gasteiger partial charge in [0.1, 0.15) is 11.3 Å². The van der Waals surface area contributed by atoms with Gasteiger partial charge in [-0.1, -0.05) is 18.2 Å². The number of carbonyl (C=O) groups excluding carboxylic acids is 1. The molecular weight excluding hydrogens is 289 g/mol. The molecule has 0 saturated heterocycles. The lowest BCUT2D eigenvalue weighted by Crippen LogP contribution is -2.14. The summed E-state index contributed by atoms with van der Waals surface area (Å²) in [6, 6.07) is 10.1. The number of aromatic nitrogens is 2. The Morgan fingerprint density at radius 1 is 1.09 bits per heavy atom. The zero-order valence-electron chi connectivity index (χ0n) is 11.1. The number of para-hydroxylation sites is 1. The van der Waals surface area contributed by atoms with E-state index in [0.717, 1.165) is 0 Å². The third-order valence-electron chi connectivity index (χ3n) is 3.09. The normalized spacial score (nSPS) is 10.6. The highest BCUT2D eigenvalue weighted by Gasteiger charge is 2.15. The summed E-state index contributed by atoms with van der Waals surface area (Å²) in [7, 11) is 0. The number of aromatic amines is 1. The molecule has 0 fully saturated rings. The molecule has 0 aliphatic rings. The van der Waals surface area contributed by atoms with Gasteiger partial charge in [0.25, 0.3) is 5.91 Å². The first-order valence-electron chi connectivity index (χ1n) is 6.34. The summed E-state index contributed by atoms with van der Waals surface area (Å²) in [4.78, 5) is 29.9. The largest absolute Gasteiger partial charge is 0.478 e. The van der Waals surface area contributed by atoms with Gasteiger partial charge in [-0.05, 0) is 24.3 Å². The molecule has 110 valence electrons. The van der Waals surface area contributed by atoms with E-state index >= 15 is 0 Å². The first kappa shape index (κ1) is 13.7. The number of nitrogens with one attached hydrogen (secondary N) is 2. The fraction of sp³-hybridized carbons (Fsp3) is 0. The van der Waals surface area contributed by atoms with Crippen molar-refractivity contribution >= 4 is 28.9 Å². The standard InChI is InChI=1S/C15H10FN3O3/c16-10-6-2-1-4-8(10)13(20)19-15-17-11-7-3-5-9(14(21)22)12(11)18-15/h1-7H,(H,21,22)(H2,17,18,19,20). The van der Waals surface area contributed by atoms with Crippen molar-refractivity contribution in [1.29, 1.82) is 0 Å². The van der Waals surface area contributed by atoms with E-state index in [1.807, 2.05) is 0 Å². The average Bonchev–Trinajstić information content (AvgIpc) is 2.89. The van der Waals surface area contributed by atoms with E-state index in [1.54, 1.807) is 18.2 Å². The van der Waals surface area contributed by atoms with Crippen LogP contribution in [0, 0.1) is 5.82 Å². The molecule has 3 rings (SSSR count). The van der Waals surface area contributed by atoms with Crippen LogP contribution in [0.2, 0.25) is 0 Å². The molecule has 0 saturated carbocycles. The van der Waals surface area contributed by atoms with Crippen LogP contribution in [-0.4, -0.2) is 27.0 Å². The summed E-state index contributed by atoms with van der Waals surface area (Å²) in [5.41, 5.74) is 0.573. The van der Waals surface area contributed by atoms with Crippen molar-refractivity contribution in [2.45, 2.75) is 0 Å². The molecule has 22 heavy (non-hydrogen) atoms. The highest BCUT2D eigenvalue weighted by atomic mass is 19.1. The minimum atomic E-state index is -1.12. The Hall–Kier alpha value is -3.22. The Bertz CT molecular complexity index is 889. The van der Waals surface area contributed by atoms with E-state index in [-0.39, 0.29) is 22.6 Å². The van der Waals surface area contributed by atoms with Gasteiger partial charge in [0.2, 0.25) is 5.95 Å². The summed E-state index contributed by atoms with van der Waals surface area (Å²) in [6.45, 7) is 0. The topological polar surface area (TPSA) is 95.1 Å². The first-order valence-corrected chi connectivity index (χ1v) is 6.34. The molecule has 2 aromatic carbocycles. The highest BCUT2D eigenvalue weighted by Crippen LogP contribution is 2.19. The Morgan fingerprint density at radius 3 is 2.55 bits per heavy atom. The SMILES string of the molecule is O=C(Nc1nc2c(C(=O)O)cccc2[nH]1)c1ccccc1F. The van der Waals surface area contributed by atoms with Crippen LogP contribution in [0.5, 0.6) is 0 Å². The van der Waals surface area contributed by atoms with Crippen molar-refractivity contribution in [3.63, 3.8) is 0 Å². The highest BCUT2D eigenvalue weighted by molar-refractivity contribution is 6.05. The second kappa shape index (κ2) is 5.28. The monoisotopic (exact) mass is 299 g/mol. The molecular formula is C15H10FN3O3. The van der Waals surface area contributed by atoms with E-state index in [1.165, 1.54) is 24.3 Å². The first-order chi connectivity index (χ1) is 10.6. The van der Waals surface area contributed by atoms with Crippen LogP contribution in [0.15, 0.2) is 42.5 Å². The van der Waals surface area contributed by atoms with Crippen LogP contribution in [0.25, 0.3) is 11.0 Å². The maximum absolute atomic E-state index is 13.5. The predicted molar refractivity (Wildman–Crippen MR) is 77.4 cm³/mol. The number of carbonyl (C=O) groups is 2. The number of hydrogen-bond acceptors (Lipinski definition) is 3. The van der Waals surface area contributed by atoms with Gasteiger partial charge in [-0.2, -0.15) is 0 Å². The Labute approximate surface area is 123 Å². The number of benzene rings is 2. The summed E-state index contributed by atoms with van der Waals surface area (Å²) < 4.78 is 13.5. The molecule has 3 N–H and O–H groups in total. The number of halogens is 1. The molecule has 6 nitrogen and oxygen atoms in total. The number of aromatic carboxylic acids is 1. The van der Waals surface area contributed by atoms with Crippen LogP contribution in [0.3, 0.4) is 0 Å². The Balaban J connectivity index is 1.95. The summed E-state index contributed by atoms with van der Waals surface area (Å²) >= 11 is 0. The third-order valence-corrected chi connectivity index (χ3v) is 3.09. The zero-order valence-corrected chi connectivity index (χ0v) is 11.1. The third kappa shape index (κ3) is 2.39. The smallest absolute Gasteiger partial charge is 0.337 e. The van der Waals surface area contributed by atoms with Crippen LogP contribution < -0.4 is 5.32 Å².